The Labute approximate surface area is 130 Å². The fourth-order valence-electron chi connectivity index (χ4n) is 1.59. The molecule has 2 N–H and O–H groups in total. The number of rotatable bonds is 4. The van der Waals surface area contributed by atoms with Gasteiger partial charge in [-0.25, -0.2) is 9.66 Å². The number of thioether (sulfide) groups is 1. The van der Waals surface area contributed by atoms with E-state index >= 15 is 0 Å². The molecule has 116 valence electrons. The first-order chi connectivity index (χ1) is 10.4. The van der Waals surface area contributed by atoms with Crippen LogP contribution in [0.5, 0.6) is 0 Å². The Balaban J connectivity index is 1.70. The molecule has 0 amide bonds. The minimum Gasteiger partial charge on any atom is -0.444 e. The van der Waals surface area contributed by atoms with Crippen molar-refractivity contribution in [1.82, 2.24) is 19.9 Å². The molecule has 0 atom stereocenters. The predicted octanol–water partition coefficient (Wildman–Crippen LogP) is 3.02. The molecule has 0 unspecified atom stereocenters. The first kappa shape index (κ1) is 14.9. The van der Waals surface area contributed by atoms with Gasteiger partial charge in [0.25, 0.3) is 5.82 Å². The zero-order chi connectivity index (χ0) is 15.7. The molecule has 3 heterocycles. The Hall–Kier alpha value is -2.01. The van der Waals surface area contributed by atoms with Crippen molar-refractivity contribution in [3.8, 4) is 10.8 Å². The molecule has 0 radical (unpaired) electrons. The lowest BCUT2D eigenvalue weighted by Crippen LogP contribution is -2.21. The third-order valence-electron chi connectivity index (χ3n) is 2.55. The number of alkyl halides is 3. The highest BCUT2D eigenvalue weighted by molar-refractivity contribution is 7.98. The topological polar surface area (TPSA) is 82.8 Å². The highest BCUT2D eigenvalue weighted by Crippen LogP contribution is 2.30. The molecule has 0 aromatic carbocycles. The SMILES string of the molecule is Nn1c(SCc2coc(-c3cccs3)n2)nnc1C(F)(F)F. The summed E-state index contributed by atoms with van der Waals surface area (Å²) in [4.78, 5) is 5.13. The Morgan fingerprint density at radius 2 is 2.18 bits per heavy atom. The number of hydrogen-bond acceptors (Lipinski definition) is 7. The number of oxazole rings is 1. The number of thiophene rings is 1. The third-order valence-corrected chi connectivity index (χ3v) is 4.39. The van der Waals surface area contributed by atoms with Gasteiger partial charge in [0.15, 0.2) is 0 Å². The summed E-state index contributed by atoms with van der Waals surface area (Å²) in [6.45, 7) is 0. The highest BCUT2D eigenvalue weighted by atomic mass is 32.2. The monoisotopic (exact) mass is 347 g/mol. The Kier molecular flexibility index (Phi) is 3.83. The van der Waals surface area contributed by atoms with Gasteiger partial charge in [0.05, 0.1) is 10.6 Å². The van der Waals surface area contributed by atoms with E-state index in [0.717, 1.165) is 16.6 Å². The second-order valence-corrected chi connectivity index (χ2v) is 5.97. The van der Waals surface area contributed by atoms with Crippen LogP contribution in [0, 0.1) is 0 Å². The molecule has 3 rings (SSSR count). The summed E-state index contributed by atoms with van der Waals surface area (Å²) in [7, 11) is 0. The molecule has 0 aliphatic rings. The summed E-state index contributed by atoms with van der Waals surface area (Å²) in [6, 6.07) is 3.73. The Bertz CT molecular complexity index is 765. The van der Waals surface area contributed by atoms with Crippen LogP contribution in [0.15, 0.2) is 33.3 Å². The summed E-state index contributed by atoms with van der Waals surface area (Å²) < 4.78 is 43.4. The van der Waals surface area contributed by atoms with Gasteiger partial charge in [0.2, 0.25) is 11.0 Å². The van der Waals surface area contributed by atoms with Crippen LogP contribution >= 0.6 is 23.1 Å². The number of halogens is 3. The van der Waals surface area contributed by atoms with Crippen molar-refractivity contribution in [3.05, 3.63) is 35.3 Å². The predicted molar refractivity (Wildman–Crippen MR) is 74.6 cm³/mol. The van der Waals surface area contributed by atoms with Crippen molar-refractivity contribution in [2.75, 3.05) is 5.84 Å². The van der Waals surface area contributed by atoms with Gasteiger partial charge < -0.3 is 10.3 Å². The van der Waals surface area contributed by atoms with E-state index in [4.69, 9.17) is 10.3 Å². The van der Waals surface area contributed by atoms with Crippen LogP contribution < -0.4 is 5.84 Å². The molecule has 0 bridgehead atoms. The molecule has 11 heteroatoms. The summed E-state index contributed by atoms with van der Waals surface area (Å²) in [5, 5.41) is 8.32. The smallest absolute Gasteiger partial charge is 0.444 e. The van der Waals surface area contributed by atoms with E-state index < -0.39 is 12.0 Å². The van der Waals surface area contributed by atoms with Crippen LogP contribution in [0.2, 0.25) is 0 Å². The fourth-order valence-corrected chi connectivity index (χ4v) is 2.98. The van der Waals surface area contributed by atoms with Crippen LogP contribution in [-0.2, 0) is 11.9 Å². The second-order valence-electron chi connectivity index (χ2n) is 4.08. The first-order valence-corrected chi connectivity index (χ1v) is 7.70. The molecule has 0 saturated carbocycles. The zero-order valence-corrected chi connectivity index (χ0v) is 12.4. The molecule has 0 aliphatic heterocycles. The number of nitrogens with two attached hydrogens (primary N) is 1. The second kappa shape index (κ2) is 5.65. The fraction of sp³-hybridized carbons (Fsp3) is 0.182. The molecule has 0 aliphatic carbocycles. The molecular weight excluding hydrogens is 339 g/mol. The lowest BCUT2D eigenvalue weighted by Gasteiger charge is -2.05. The van der Waals surface area contributed by atoms with Gasteiger partial charge in [-0.05, 0) is 11.4 Å². The van der Waals surface area contributed by atoms with Crippen LogP contribution in [0.3, 0.4) is 0 Å². The third kappa shape index (κ3) is 2.95. The first-order valence-electron chi connectivity index (χ1n) is 5.84. The number of aromatic nitrogens is 4. The average Bonchev–Trinajstić information content (AvgIpc) is 3.16. The van der Waals surface area contributed by atoms with Gasteiger partial charge in [0, 0.05) is 5.75 Å². The quantitative estimate of drug-likeness (QED) is 0.577. The van der Waals surface area contributed by atoms with Gasteiger partial charge in [0.1, 0.15) is 6.26 Å². The molecule has 0 fully saturated rings. The number of nitrogen functional groups attached to an aromatic ring is 1. The maximum Gasteiger partial charge on any atom is 0.453 e. The Morgan fingerprint density at radius 3 is 2.82 bits per heavy atom. The molecule has 3 aromatic heterocycles. The minimum absolute atomic E-state index is 0.0481. The summed E-state index contributed by atoms with van der Waals surface area (Å²) in [5.74, 6) is 4.84. The van der Waals surface area contributed by atoms with Gasteiger partial charge in [-0.3, -0.25) is 0 Å². The lowest BCUT2D eigenvalue weighted by atomic mass is 10.5. The average molecular weight is 347 g/mol. The van der Waals surface area contributed by atoms with E-state index in [1.54, 1.807) is 0 Å². The van der Waals surface area contributed by atoms with Crippen LogP contribution in [0.4, 0.5) is 13.2 Å². The number of nitrogens with zero attached hydrogens (tertiary/aromatic N) is 4. The zero-order valence-electron chi connectivity index (χ0n) is 10.7. The molecular formula is C11H8F3N5OS2. The lowest BCUT2D eigenvalue weighted by molar-refractivity contribution is -0.146. The molecule has 6 nitrogen and oxygen atoms in total. The van der Waals surface area contributed by atoms with Crippen molar-refractivity contribution >= 4 is 23.1 Å². The van der Waals surface area contributed by atoms with Crippen molar-refractivity contribution in [2.24, 2.45) is 0 Å². The van der Waals surface area contributed by atoms with E-state index in [1.165, 1.54) is 17.6 Å². The maximum absolute atomic E-state index is 12.5. The molecule has 22 heavy (non-hydrogen) atoms. The highest BCUT2D eigenvalue weighted by Gasteiger charge is 2.38. The van der Waals surface area contributed by atoms with E-state index in [2.05, 4.69) is 15.2 Å². The standard InChI is InChI=1S/C11H8F3N5OS2/c12-11(13,14)9-17-18-10(19(9)15)22-5-6-4-20-8(16-6)7-2-1-3-21-7/h1-4H,5,15H2. The minimum atomic E-state index is -4.64. The van der Waals surface area contributed by atoms with E-state index in [-0.39, 0.29) is 10.9 Å². The van der Waals surface area contributed by atoms with Gasteiger partial charge in [-0.1, -0.05) is 17.8 Å². The van der Waals surface area contributed by atoms with Gasteiger partial charge >= 0.3 is 6.18 Å². The normalized spacial score (nSPS) is 12.0. The largest absolute Gasteiger partial charge is 0.453 e. The van der Waals surface area contributed by atoms with Crippen molar-refractivity contribution < 1.29 is 17.6 Å². The van der Waals surface area contributed by atoms with Crippen LogP contribution in [-0.4, -0.2) is 19.9 Å². The summed E-state index contributed by atoms with van der Waals surface area (Å²) >= 11 is 2.47. The van der Waals surface area contributed by atoms with Gasteiger partial charge in [-0.2, -0.15) is 13.2 Å². The Morgan fingerprint density at radius 1 is 1.36 bits per heavy atom. The summed E-state index contributed by atoms with van der Waals surface area (Å²) in [5.41, 5.74) is 0.574. The van der Waals surface area contributed by atoms with E-state index in [9.17, 15) is 13.2 Å². The maximum atomic E-state index is 12.5. The van der Waals surface area contributed by atoms with Crippen LogP contribution in [0.1, 0.15) is 11.5 Å². The molecule has 0 saturated heterocycles. The van der Waals surface area contributed by atoms with Crippen molar-refractivity contribution in [2.45, 2.75) is 17.1 Å². The van der Waals surface area contributed by atoms with Crippen LogP contribution in [0.25, 0.3) is 10.8 Å². The number of hydrogen-bond donors (Lipinski definition) is 1. The van der Waals surface area contributed by atoms with Crippen molar-refractivity contribution in [3.63, 3.8) is 0 Å². The summed E-state index contributed by atoms with van der Waals surface area (Å²) in [6.07, 6.45) is -3.19. The van der Waals surface area contributed by atoms with E-state index in [0.29, 0.717) is 16.3 Å². The van der Waals surface area contributed by atoms with E-state index in [1.807, 2.05) is 17.5 Å². The molecule has 0 spiro atoms. The molecule has 3 aromatic rings. The van der Waals surface area contributed by atoms with Crippen molar-refractivity contribution in [1.29, 1.82) is 0 Å². The van der Waals surface area contributed by atoms with Gasteiger partial charge in [-0.15, -0.1) is 21.5 Å².